The zero-order chi connectivity index (χ0) is 13.2. The molecule has 4 heteroatoms. The van der Waals surface area contributed by atoms with Gasteiger partial charge in [0.2, 0.25) is 5.91 Å². The second-order valence-corrected chi connectivity index (χ2v) is 4.41. The van der Waals surface area contributed by atoms with E-state index in [4.69, 9.17) is 10.6 Å². The van der Waals surface area contributed by atoms with Crippen molar-refractivity contribution in [1.29, 1.82) is 0 Å². The van der Waals surface area contributed by atoms with Gasteiger partial charge in [0.15, 0.2) is 0 Å². The van der Waals surface area contributed by atoms with Gasteiger partial charge in [0.25, 0.3) is 0 Å². The average molecular weight is 250 g/mol. The third kappa shape index (κ3) is 6.37. The third-order valence-corrected chi connectivity index (χ3v) is 2.64. The van der Waals surface area contributed by atoms with Crippen molar-refractivity contribution in [2.75, 3.05) is 0 Å². The number of unbranched alkanes of at least 4 members (excludes halogenated alkanes) is 1. The molecule has 0 radical (unpaired) electrons. The molecule has 1 aromatic carbocycles. The second kappa shape index (κ2) is 8.66. The Morgan fingerprint density at radius 2 is 2.11 bits per heavy atom. The summed E-state index contributed by atoms with van der Waals surface area (Å²) in [5, 5.41) is 0. The van der Waals surface area contributed by atoms with Gasteiger partial charge in [0.05, 0.1) is 6.61 Å². The van der Waals surface area contributed by atoms with Crippen molar-refractivity contribution >= 4 is 5.91 Å². The molecule has 1 amide bonds. The number of nitrogens with one attached hydrogen (secondary N) is 1. The molecule has 0 aliphatic heterocycles. The Hall–Kier alpha value is -1.39. The third-order valence-electron chi connectivity index (χ3n) is 2.64. The normalized spacial score (nSPS) is 12.1. The topological polar surface area (TPSA) is 64.4 Å². The molecule has 0 spiro atoms. The van der Waals surface area contributed by atoms with Gasteiger partial charge in [-0.2, -0.15) is 0 Å². The van der Waals surface area contributed by atoms with Crippen LogP contribution in [0.25, 0.3) is 0 Å². The van der Waals surface area contributed by atoms with E-state index < -0.39 is 0 Å². The molecule has 0 heterocycles. The van der Waals surface area contributed by atoms with Crippen molar-refractivity contribution < 1.29 is 9.63 Å². The van der Waals surface area contributed by atoms with Gasteiger partial charge in [-0.05, 0) is 12.0 Å². The smallest absolute Gasteiger partial charge is 0.245 e. The molecular weight excluding hydrogens is 228 g/mol. The van der Waals surface area contributed by atoms with E-state index in [1.165, 1.54) is 0 Å². The fourth-order valence-corrected chi connectivity index (χ4v) is 1.62. The minimum absolute atomic E-state index is 0.0784. The number of hydroxylamine groups is 1. The molecule has 3 N–H and O–H groups in total. The Morgan fingerprint density at radius 1 is 1.39 bits per heavy atom. The van der Waals surface area contributed by atoms with E-state index in [1.54, 1.807) is 0 Å². The van der Waals surface area contributed by atoms with E-state index in [1.807, 2.05) is 30.3 Å². The van der Waals surface area contributed by atoms with Crippen LogP contribution in [0.5, 0.6) is 0 Å². The minimum Gasteiger partial charge on any atom is -0.327 e. The molecule has 0 fully saturated rings. The minimum atomic E-state index is -0.158. The summed E-state index contributed by atoms with van der Waals surface area (Å²) >= 11 is 0. The summed E-state index contributed by atoms with van der Waals surface area (Å²) in [4.78, 5) is 16.6. The first-order valence-corrected chi connectivity index (χ1v) is 6.42. The summed E-state index contributed by atoms with van der Waals surface area (Å²) in [5.74, 6) is -0.158. The van der Waals surface area contributed by atoms with Crippen LogP contribution in [0.3, 0.4) is 0 Å². The van der Waals surface area contributed by atoms with Gasteiger partial charge in [0, 0.05) is 12.5 Å². The summed E-state index contributed by atoms with van der Waals surface area (Å²) in [6, 6.07) is 9.61. The van der Waals surface area contributed by atoms with E-state index in [9.17, 15) is 4.79 Å². The molecule has 0 aliphatic carbocycles. The first-order chi connectivity index (χ1) is 8.72. The second-order valence-electron chi connectivity index (χ2n) is 4.41. The molecule has 0 saturated carbocycles. The zero-order valence-electron chi connectivity index (χ0n) is 10.9. The largest absolute Gasteiger partial charge is 0.327 e. The SMILES string of the molecule is CCCC[C@H](N)CC(=O)NOCc1ccccc1. The van der Waals surface area contributed by atoms with Gasteiger partial charge >= 0.3 is 0 Å². The summed E-state index contributed by atoms with van der Waals surface area (Å²) in [6.07, 6.45) is 3.34. The number of rotatable bonds is 8. The maximum atomic E-state index is 11.5. The van der Waals surface area contributed by atoms with Crippen molar-refractivity contribution in [3.8, 4) is 0 Å². The van der Waals surface area contributed by atoms with Gasteiger partial charge < -0.3 is 5.73 Å². The lowest BCUT2D eigenvalue weighted by molar-refractivity contribution is -0.134. The Bertz CT molecular complexity index is 341. The van der Waals surface area contributed by atoms with Gasteiger partial charge in [-0.3, -0.25) is 9.63 Å². The number of carbonyl (C=O) groups excluding carboxylic acids is 1. The Labute approximate surface area is 108 Å². The molecule has 1 rings (SSSR count). The van der Waals surface area contributed by atoms with Crippen LogP contribution in [0, 0.1) is 0 Å². The van der Waals surface area contributed by atoms with Crippen molar-refractivity contribution in [1.82, 2.24) is 5.48 Å². The summed E-state index contributed by atoms with van der Waals surface area (Å²) in [7, 11) is 0. The Morgan fingerprint density at radius 3 is 2.78 bits per heavy atom. The number of hydrogen-bond acceptors (Lipinski definition) is 3. The molecule has 18 heavy (non-hydrogen) atoms. The van der Waals surface area contributed by atoms with Crippen LogP contribution >= 0.6 is 0 Å². The van der Waals surface area contributed by atoms with Crippen molar-refractivity contribution in [2.24, 2.45) is 5.73 Å². The van der Waals surface area contributed by atoms with E-state index in [0.29, 0.717) is 13.0 Å². The van der Waals surface area contributed by atoms with E-state index in [-0.39, 0.29) is 11.9 Å². The number of carbonyl (C=O) groups is 1. The number of benzene rings is 1. The monoisotopic (exact) mass is 250 g/mol. The fraction of sp³-hybridized carbons (Fsp3) is 0.500. The van der Waals surface area contributed by atoms with Gasteiger partial charge in [-0.15, -0.1) is 0 Å². The summed E-state index contributed by atoms with van der Waals surface area (Å²) in [5.41, 5.74) is 9.27. The highest BCUT2D eigenvalue weighted by molar-refractivity contribution is 5.75. The van der Waals surface area contributed by atoms with Crippen LogP contribution in [-0.2, 0) is 16.2 Å². The van der Waals surface area contributed by atoms with Crippen LogP contribution in [0.4, 0.5) is 0 Å². The van der Waals surface area contributed by atoms with Gasteiger partial charge in [-0.1, -0.05) is 50.1 Å². The molecule has 0 unspecified atom stereocenters. The molecule has 0 aromatic heterocycles. The predicted octanol–water partition coefficient (Wildman–Crippen LogP) is 2.14. The van der Waals surface area contributed by atoms with Crippen molar-refractivity contribution in [2.45, 2.75) is 45.3 Å². The van der Waals surface area contributed by atoms with Crippen LogP contribution in [0.1, 0.15) is 38.2 Å². The van der Waals surface area contributed by atoms with Gasteiger partial charge in [0.1, 0.15) is 0 Å². The summed E-state index contributed by atoms with van der Waals surface area (Å²) < 4.78 is 0. The number of hydrogen-bond donors (Lipinski definition) is 2. The molecule has 4 nitrogen and oxygen atoms in total. The van der Waals surface area contributed by atoms with E-state index in [0.717, 1.165) is 24.8 Å². The van der Waals surface area contributed by atoms with Crippen LogP contribution < -0.4 is 11.2 Å². The highest BCUT2D eigenvalue weighted by Gasteiger charge is 2.08. The highest BCUT2D eigenvalue weighted by Crippen LogP contribution is 2.02. The summed E-state index contributed by atoms with van der Waals surface area (Å²) in [6.45, 7) is 2.48. The Balaban J connectivity index is 2.13. The average Bonchev–Trinajstić information content (AvgIpc) is 2.37. The molecule has 1 atom stereocenters. The lowest BCUT2D eigenvalue weighted by Gasteiger charge is -2.11. The van der Waals surface area contributed by atoms with Crippen molar-refractivity contribution in [3.05, 3.63) is 35.9 Å². The maximum absolute atomic E-state index is 11.5. The standard InChI is InChI=1S/C14H22N2O2/c1-2-3-9-13(15)10-14(17)16-18-11-12-7-5-4-6-8-12/h4-8,13H,2-3,9-11,15H2,1H3,(H,16,17)/t13-/m0/s1. The van der Waals surface area contributed by atoms with Crippen LogP contribution in [0.2, 0.25) is 0 Å². The molecule has 0 bridgehead atoms. The number of nitrogens with two attached hydrogens (primary N) is 1. The fourth-order valence-electron chi connectivity index (χ4n) is 1.62. The van der Waals surface area contributed by atoms with E-state index in [2.05, 4.69) is 12.4 Å². The molecule has 0 aliphatic rings. The lowest BCUT2D eigenvalue weighted by Crippen LogP contribution is -2.31. The first-order valence-electron chi connectivity index (χ1n) is 6.42. The highest BCUT2D eigenvalue weighted by atomic mass is 16.6. The zero-order valence-corrected chi connectivity index (χ0v) is 10.9. The number of amides is 1. The lowest BCUT2D eigenvalue weighted by atomic mass is 10.1. The first kappa shape index (κ1) is 14.7. The van der Waals surface area contributed by atoms with Gasteiger partial charge in [-0.25, -0.2) is 5.48 Å². The predicted molar refractivity (Wildman–Crippen MR) is 71.5 cm³/mol. The van der Waals surface area contributed by atoms with E-state index >= 15 is 0 Å². The van der Waals surface area contributed by atoms with Crippen LogP contribution in [-0.4, -0.2) is 11.9 Å². The molecule has 0 saturated heterocycles. The Kier molecular flexibility index (Phi) is 7.06. The van der Waals surface area contributed by atoms with Crippen molar-refractivity contribution in [3.63, 3.8) is 0 Å². The molecule has 100 valence electrons. The molecular formula is C14H22N2O2. The molecule has 1 aromatic rings. The quantitative estimate of drug-likeness (QED) is 0.695. The van der Waals surface area contributed by atoms with Crippen LogP contribution in [0.15, 0.2) is 30.3 Å². The maximum Gasteiger partial charge on any atom is 0.245 e.